The van der Waals surface area contributed by atoms with Crippen molar-refractivity contribution in [1.82, 2.24) is 10.1 Å². The molecule has 6 heteroatoms. The zero-order chi connectivity index (χ0) is 14.7. The summed E-state index contributed by atoms with van der Waals surface area (Å²) < 4.78 is 18.8. The fourth-order valence-electron chi connectivity index (χ4n) is 1.81. The minimum absolute atomic E-state index is 0.0223. The van der Waals surface area contributed by atoms with Gasteiger partial charge >= 0.3 is 0 Å². The molecule has 106 valence electrons. The largest absolute Gasteiger partial charge is 0.339 e. The minimum atomic E-state index is -0.488. The van der Waals surface area contributed by atoms with Gasteiger partial charge in [-0.2, -0.15) is 4.98 Å². The van der Waals surface area contributed by atoms with Crippen LogP contribution >= 0.6 is 11.6 Å². The highest BCUT2D eigenvalue weighted by molar-refractivity contribution is 6.30. The Morgan fingerprint density at radius 2 is 2.25 bits per heavy atom. The topological polar surface area (TPSA) is 56.0 Å². The van der Waals surface area contributed by atoms with E-state index in [0.717, 1.165) is 0 Å². The molecule has 0 amide bonds. The fourth-order valence-corrected chi connectivity index (χ4v) is 2.01. The molecule has 0 bridgehead atoms. The van der Waals surface area contributed by atoms with Crippen molar-refractivity contribution < 1.29 is 13.7 Å². The van der Waals surface area contributed by atoms with Crippen LogP contribution in [-0.2, 0) is 11.2 Å². The van der Waals surface area contributed by atoms with Gasteiger partial charge in [0, 0.05) is 12.8 Å². The van der Waals surface area contributed by atoms with Crippen LogP contribution in [0, 0.1) is 5.82 Å². The summed E-state index contributed by atoms with van der Waals surface area (Å²) in [6.07, 6.45) is 0.574. The van der Waals surface area contributed by atoms with Gasteiger partial charge in [0.05, 0.1) is 10.9 Å². The van der Waals surface area contributed by atoms with Gasteiger partial charge in [-0.25, -0.2) is 4.39 Å². The number of Topliss-reactive ketones (excluding diaryl/α,β-unsaturated/α-hetero) is 1. The van der Waals surface area contributed by atoms with E-state index in [1.54, 1.807) is 26.0 Å². The first kappa shape index (κ1) is 14.7. The number of rotatable bonds is 5. The smallest absolute Gasteiger partial charge is 0.236 e. The standard InChI is InChI=1S/C14H14ClFN2O2/c1-3-11(19)8(2)14-17-12(18-20-14)7-9-5-4-6-10(15)13(9)16/h4-6,8H,3,7H2,1-2H3. The van der Waals surface area contributed by atoms with Crippen molar-refractivity contribution in [3.8, 4) is 0 Å². The zero-order valence-electron chi connectivity index (χ0n) is 11.2. The number of halogens is 2. The monoisotopic (exact) mass is 296 g/mol. The third-order valence-electron chi connectivity index (χ3n) is 3.07. The summed E-state index contributed by atoms with van der Waals surface area (Å²) in [5.74, 6) is -0.316. The Labute approximate surface area is 120 Å². The minimum Gasteiger partial charge on any atom is -0.339 e. The van der Waals surface area contributed by atoms with Crippen molar-refractivity contribution in [2.75, 3.05) is 0 Å². The van der Waals surface area contributed by atoms with Crippen LogP contribution in [0.25, 0.3) is 0 Å². The van der Waals surface area contributed by atoms with Gasteiger partial charge in [0.2, 0.25) is 5.89 Å². The average molecular weight is 297 g/mol. The van der Waals surface area contributed by atoms with Crippen LogP contribution < -0.4 is 0 Å². The Hall–Kier alpha value is -1.75. The summed E-state index contributed by atoms with van der Waals surface area (Å²) in [4.78, 5) is 15.7. The first-order chi connectivity index (χ1) is 9.52. The molecule has 1 heterocycles. The number of carbonyl (C=O) groups excluding carboxylic acids is 1. The van der Waals surface area contributed by atoms with Gasteiger partial charge in [-0.3, -0.25) is 4.79 Å². The molecule has 0 saturated carbocycles. The van der Waals surface area contributed by atoms with Crippen LogP contribution in [0.4, 0.5) is 4.39 Å². The molecule has 2 rings (SSSR count). The highest BCUT2D eigenvalue weighted by atomic mass is 35.5. The Balaban J connectivity index is 2.18. The highest BCUT2D eigenvalue weighted by Crippen LogP contribution is 2.21. The molecule has 2 aromatic rings. The molecule has 0 fully saturated rings. The average Bonchev–Trinajstić information content (AvgIpc) is 2.90. The van der Waals surface area contributed by atoms with Crippen molar-refractivity contribution in [2.45, 2.75) is 32.6 Å². The zero-order valence-corrected chi connectivity index (χ0v) is 11.9. The van der Waals surface area contributed by atoms with Gasteiger partial charge in [0.15, 0.2) is 5.82 Å². The molecule has 0 saturated heterocycles. The van der Waals surface area contributed by atoms with E-state index in [2.05, 4.69) is 10.1 Å². The van der Waals surface area contributed by atoms with E-state index in [1.165, 1.54) is 6.07 Å². The molecule has 1 aromatic carbocycles. The molecule has 0 spiro atoms. The van der Waals surface area contributed by atoms with E-state index in [1.807, 2.05) is 0 Å². The lowest BCUT2D eigenvalue weighted by atomic mass is 10.1. The second kappa shape index (κ2) is 6.13. The van der Waals surface area contributed by atoms with Crippen LogP contribution in [0.2, 0.25) is 5.02 Å². The van der Waals surface area contributed by atoms with E-state index >= 15 is 0 Å². The molecule has 0 N–H and O–H groups in total. The Morgan fingerprint density at radius 1 is 1.50 bits per heavy atom. The summed E-state index contributed by atoms with van der Waals surface area (Å²) in [7, 11) is 0. The predicted octanol–water partition coefficient (Wildman–Crippen LogP) is 3.54. The van der Waals surface area contributed by atoms with Gasteiger partial charge < -0.3 is 4.52 Å². The van der Waals surface area contributed by atoms with Crippen LogP contribution in [0.5, 0.6) is 0 Å². The summed E-state index contributed by atoms with van der Waals surface area (Å²) in [6, 6.07) is 4.74. The first-order valence-corrected chi connectivity index (χ1v) is 6.68. The molecule has 1 atom stereocenters. The van der Waals surface area contributed by atoms with E-state index in [4.69, 9.17) is 16.1 Å². The summed E-state index contributed by atoms with van der Waals surface area (Å²) >= 11 is 5.71. The van der Waals surface area contributed by atoms with Crippen molar-refractivity contribution in [3.63, 3.8) is 0 Å². The predicted molar refractivity (Wildman–Crippen MR) is 72.2 cm³/mol. The van der Waals surface area contributed by atoms with Crippen LogP contribution in [0.15, 0.2) is 22.7 Å². The molecule has 1 unspecified atom stereocenters. The number of hydrogen-bond acceptors (Lipinski definition) is 4. The number of ketones is 1. The summed E-state index contributed by atoms with van der Waals surface area (Å²) in [6.45, 7) is 3.49. The number of aromatic nitrogens is 2. The van der Waals surface area contributed by atoms with Crippen molar-refractivity contribution >= 4 is 17.4 Å². The molecule has 0 radical (unpaired) electrons. The molecular weight excluding hydrogens is 283 g/mol. The second-order valence-electron chi connectivity index (χ2n) is 4.48. The third-order valence-corrected chi connectivity index (χ3v) is 3.36. The lowest BCUT2D eigenvalue weighted by Crippen LogP contribution is -2.08. The van der Waals surface area contributed by atoms with Gasteiger partial charge in [-0.1, -0.05) is 35.8 Å². The van der Waals surface area contributed by atoms with Gasteiger partial charge in [0.25, 0.3) is 0 Å². The van der Waals surface area contributed by atoms with Gasteiger partial charge in [0.1, 0.15) is 11.6 Å². The van der Waals surface area contributed by atoms with Crippen molar-refractivity contribution in [3.05, 3.63) is 46.3 Å². The van der Waals surface area contributed by atoms with Crippen molar-refractivity contribution in [1.29, 1.82) is 0 Å². The van der Waals surface area contributed by atoms with Crippen molar-refractivity contribution in [2.24, 2.45) is 0 Å². The lowest BCUT2D eigenvalue weighted by Gasteiger charge is -2.02. The Morgan fingerprint density at radius 3 is 2.95 bits per heavy atom. The lowest BCUT2D eigenvalue weighted by molar-refractivity contribution is -0.120. The number of carbonyl (C=O) groups is 1. The van der Waals surface area contributed by atoms with Crippen LogP contribution in [0.3, 0.4) is 0 Å². The maximum atomic E-state index is 13.8. The van der Waals surface area contributed by atoms with E-state index in [-0.39, 0.29) is 23.1 Å². The quantitative estimate of drug-likeness (QED) is 0.847. The summed E-state index contributed by atoms with van der Waals surface area (Å²) in [5.41, 5.74) is 0.388. The molecule has 0 aliphatic heterocycles. The molecule has 0 aliphatic carbocycles. The van der Waals surface area contributed by atoms with Gasteiger partial charge in [-0.15, -0.1) is 0 Å². The number of nitrogens with zero attached hydrogens (tertiary/aromatic N) is 2. The maximum absolute atomic E-state index is 13.8. The Bertz CT molecular complexity index is 627. The third kappa shape index (κ3) is 3.04. The highest BCUT2D eigenvalue weighted by Gasteiger charge is 2.20. The number of benzene rings is 1. The number of hydrogen-bond donors (Lipinski definition) is 0. The normalized spacial score (nSPS) is 12.4. The second-order valence-corrected chi connectivity index (χ2v) is 4.89. The molecule has 1 aromatic heterocycles. The molecule has 20 heavy (non-hydrogen) atoms. The van der Waals surface area contributed by atoms with Crippen LogP contribution in [-0.4, -0.2) is 15.9 Å². The van der Waals surface area contributed by atoms with Gasteiger partial charge in [-0.05, 0) is 18.6 Å². The fraction of sp³-hybridized carbons (Fsp3) is 0.357. The molecular formula is C14H14ClFN2O2. The van der Waals surface area contributed by atoms with E-state index in [9.17, 15) is 9.18 Å². The SMILES string of the molecule is CCC(=O)C(C)c1nc(Cc2cccc(Cl)c2F)no1. The first-order valence-electron chi connectivity index (χ1n) is 6.31. The van der Waals surface area contributed by atoms with Crippen LogP contribution in [0.1, 0.15) is 43.5 Å². The molecule has 0 aliphatic rings. The van der Waals surface area contributed by atoms with E-state index in [0.29, 0.717) is 17.8 Å². The Kier molecular flexibility index (Phi) is 4.49. The summed E-state index contributed by atoms with van der Waals surface area (Å²) in [5, 5.41) is 3.83. The maximum Gasteiger partial charge on any atom is 0.236 e. The van der Waals surface area contributed by atoms with E-state index < -0.39 is 11.7 Å². The molecule has 4 nitrogen and oxygen atoms in total.